The number of anilines is 1. The number of nitriles is 1. The number of aliphatic hydroxyl groups excluding tert-OH is 3. The van der Waals surface area contributed by atoms with Crippen molar-refractivity contribution < 1.29 is 28.5 Å². The van der Waals surface area contributed by atoms with E-state index < -0.39 is 45.6 Å². The summed E-state index contributed by atoms with van der Waals surface area (Å²) in [7, 11) is -4.42. The summed E-state index contributed by atoms with van der Waals surface area (Å²) in [5.74, 6) is 0. The van der Waals surface area contributed by atoms with Gasteiger partial charge in [0, 0.05) is 18.8 Å². The first kappa shape index (κ1) is 25.3. The number of nitrogens with zero attached hydrogens (tertiary/aromatic N) is 2. The van der Waals surface area contributed by atoms with Crippen LogP contribution in [0.2, 0.25) is 0 Å². The van der Waals surface area contributed by atoms with Crippen LogP contribution < -0.4 is 9.62 Å². The van der Waals surface area contributed by atoms with Gasteiger partial charge in [-0.3, -0.25) is 0 Å². The van der Waals surface area contributed by atoms with Crippen LogP contribution in [0.1, 0.15) is 39.7 Å². The van der Waals surface area contributed by atoms with E-state index >= 15 is 0 Å². The first-order valence-corrected chi connectivity index (χ1v) is 11.8. The molecule has 9 nitrogen and oxygen atoms in total. The Bertz CT molecular complexity index is 921. The molecule has 1 unspecified atom stereocenters. The zero-order valence-corrected chi connectivity index (χ0v) is 19.0. The predicted octanol–water partition coefficient (Wildman–Crippen LogP) is 0.924. The van der Waals surface area contributed by atoms with Gasteiger partial charge in [-0.05, 0) is 50.5 Å². The molecule has 0 radical (unpaired) electrons. The minimum atomic E-state index is -4.42. The fourth-order valence-electron chi connectivity index (χ4n) is 3.64. The molecular weight excluding hydrogens is 422 g/mol. The van der Waals surface area contributed by atoms with Crippen LogP contribution in [0.3, 0.4) is 0 Å². The van der Waals surface area contributed by atoms with Gasteiger partial charge >= 0.3 is 0 Å². The number of aliphatic hydroxyl groups is 3. The molecule has 1 aromatic rings. The Morgan fingerprint density at radius 1 is 1.13 bits per heavy atom. The fraction of sp³-hybridized carbons (Fsp3) is 0.571. The van der Waals surface area contributed by atoms with Crippen LogP contribution in [0, 0.1) is 11.3 Å². The number of hydrogen-bond acceptors (Lipinski definition) is 8. The lowest BCUT2D eigenvalue weighted by Gasteiger charge is -2.40. The zero-order chi connectivity index (χ0) is 23.3. The topological polar surface area (TPSA) is 143 Å². The molecule has 1 heterocycles. The van der Waals surface area contributed by atoms with Gasteiger partial charge in [0.25, 0.3) is 10.0 Å². The first-order valence-electron chi connectivity index (χ1n) is 10.3. The van der Waals surface area contributed by atoms with Crippen LogP contribution >= 0.6 is 0 Å². The molecule has 4 N–H and O–H groups in total. The van der Waals surface area contributed by atoms with Gasteiger partial charge in [0.15, 0.2) is 11.2 Å². The number of sulfonamides is 1. The molecule has 1 aromatic carbocycles. The lowest BCUT2D eigenvalue weighted by molar-refractivity contribution is -0.244. The van der Waals surface area contributed by atoms with Crippen LogP contribution in [0.15, 0.2) is 29.2 Å². The molecule has 0 bridgehead atoms. The standard InChI is InChI=1S/C21H31N3O6S/c1-5-16-19(25)20(26)18(21(27)30-16)23-31(28,29)17(12-22)13(4)14-8-10-15(11-9-14)24(6-2)7-3/h8-11,16,18-21,23,25-27H,5-7H2,1-4H3/b17-13+/t16-,18-,19-,20-,21?/m1/s1. The number of rotatable bonds is 8. The Kier molecular flexibility index (Phi) is 8.59. The summed E-state index contributed by atoms with van der Waals surface area (Å²) in [4.78, 5) is 1.59. The maximum atomic E-state index is 12.9. The number of ether oxygens (including phenoxy) is 1. The van der Waals surface area contributed by atoms with Crippen LogP contribution in [0.4, 0.5) is 5.69 Å². The molecule has 2 rings (SSSR count). The second kappa shape index (κ2) is 10.5. The minimum Gasteiger partial charge on any atom is -0.388 e. The van der Waals surface area contributed by atoms with Crippen molar-refractivity contribution in [3.63, 3.8) is 0 Å². The molecule has 1 aliphatic heterocycles. The smallest absolute Gasteiger partial charge is 0.251 e. The highest BCUT2D eigenvalue weighted by molar-refractivity contribution is 7.93. The van der Waals surface area contributed by atoms with Gasteiger partial charge in [-0.1, -0.05) is 19.1 Å². The van der Waals surface area contributed by atoms with E-state index in [2.05, 4.69) is 9.62 Å². The highest BCUT2D eigenvalue weighted by Crippen LogP contribution is 2.27. The summed E-state index contributed by atoms with van der Waals surface area (Å²) in [6, 6.07) is 7.35. The predicted molar refractivity (Wildman–Crippen MR) is 117 cm³/mol. The Morgan fingerprint density at radius 2 is 1.71 bits per heavy atom. The summed E-state index contributed by atoms with van der Waals surface area (Å²) in [6.07, 6.45) is -5.17. The second-order valence-corrected chi connectivity index (χ2v) is 9.04. The van der Waals surface area contributed by atoms with Gasteiger partial charge in [-0.25, -0.2) is 8.42 Å². The highest BCUT2D eigenvalue weighted by Gasteiger charge is 2.45. The molecule has 31 heavy (non-hydrogen) atoms. The SMILES string of the molecule is CC[C@H]1OC(O)[C@H](NS(=O)(=O)/C(C#N)=C(\C)c2ccc(N(CC)CC)cc2)[C@@H](O)[C@@H]1O. The molecular formula is C21H31N3O6S. The van der Waals surface area contributed by atoms with E-state index in [0.717, 1.165) is 18.8 Å². The van der Waals surface area contributed by atoms with Gasteiger partial charge in [-0.2, -0.15) is 9.98 Å². The summed E-state index contributed by atoms with van der Waals surface area (Å²) in [5.41, 5.74) is 1.74. The van der Waals surface area contributed by atoms with E-state index in [0.29, 0.717) is 12.0 Å². The van der Waals surface area contributed by atoms with Gasteiger partial charge in [0.05, 0.1) is 6.10 Å². The molecule has 1 fully saturated rings. The molecule has 0 saturated carbocycles. The maximum absolute atomic E-state index is 12.9. The average Bonchev–Trinajstić information content (AvgIpc) is 2.75. The van der Waals surface area contributed by atoms with Crippen molar-refractivity contribution in [2.24, 2.45) is 0 Å². The molecule has 0 amide bonds. The molecule has 172 valence electrons. The van der Waals surface area contributed by atoms with E-state index in [1.165, 1.54) is 6.92 Å². The van der Waals surface area contributed by atoms with Gasteiger partial charge in [0.1, 0.15) is 24.3 Å². The van der Waals surface area contributed by atoms with E-state index in [1.807, 2.05) is 26.0 Å². The largest absolute Gasteiger partial charge is 0.388 e. The van der Waals surface area contributed by atoms with Crippen molar-refractivity contribution in [1.82, 2.24) is 4.72 Å². The highest BCUT2D eigenvalue weighted by atomic mass is 32.2. The number of hydrogen-bond donors (Lipinski definition) is 4. The monoisotopic (exact) mass is 453 g/mol. The van der Waals surface area contributed by atoms with E-state index in [4.69, 9.17) is 4.74 Å². The second-order valence-electron chi connectivity index (χ2n) is 7.39. The zero-order valence-electron chi connectivity index (χ0n) is 18.2. The van der Waals surface area contributed by atoms with Gasteiger partial charge in [-0.15, -0.1) is 0 Å². The van der Waals surface area contributed by atoms with E-state index in [9.17, 15) is 29.0 Å². The summed E-state index contributed by atoms with van der Waals surface area (Å²) < 4.78 is 33.1. The molecule has 1 aliphatic rings. The molecule has 5 atom stereocenters. The minimum absolute atomic E-state index is 0.216. The molecule has 10 heteroatoms. The summed E-state index contributed by atoms with van der Waals surface area (Å²) in [5, 5.41) is 40.1. The Morgan fingerprint density at radius 3 is 2.19 bits per heavy atom. The molecule has 1 saturated heterocycles. The Hall–Kier alpha value is -2.00. The molecule has 0 aromatic heterocycles. The van der Waals surface area contributed by atoms with Crippen LogP contribution in [0.5, 0.6) is 0 Å². The average molecular weight is 454 g/mol. The van der Waals surface area contributed by atoms with Crippen LogP contribution in [0.25, 0.3) is 5.57 Å². The first-order chi connectivity index (χ1) is 14.6. The van der Waals surface area contributed by atoms with E-state index in [-0.39, 0.29) is 5.57 Å². The number of benzene rings is 1. The van der Waals surface area contributed by atoms with Gasteiger partial charge in [0.2, 0.25) is 0 Å². The maximum Gasteiger partial charge on any atom is 0.251 e. The van der Waals surface area contributed by atoms with Gasteiger partial charge < -0.3 is 25.0 Å². The van der Waals surface area contributed by atoms with Crippen molar-refractivity contribution in [3.05, 3.63) is 34.7 Å². The van der Waals surface area contributed by atoms with Crippen molar-refractivity contribution in [1.29, 1.82) is 5.26 Å². The van der Waals surface area contributed by atoms with Crippen molar-refractivity contribution in [2.75, 3.05) is 18.0 Å². The van der Waals surface area contributed by atoms with Crippen LogP contribution in [-0.4, -0.2) is 67.5 Å². The fourth-order valence-corrected chi connectivity index (χ4v) is 5.01. The summed E-state index contributed by atoms with van der Waals surface area (Å²) in [6.45, 7) is 8.92. The summed E-state index contributed by atoms with van der Waals surface area (Å²) >= 11 is 0. The Balaban J connectivity index is 2.33. The van der Waals surface area contributed by atoms with Crippen molar-refractivity contribution in [3.8, 4) is 6.07 Å². The van der Waals surface area contributed by atoms with Crippen molar-refractivity contribution in [2.45, 2.75) is 64.8 Å². The number of nitrogens with one attached hydrogen (secondary N) is 1. The lowest BCUT2D eigenvalue weighted by atomic mass is 9.96. The van der Waals surface area contributed by atoms with E-state index in [1.54, 1.807) is 25.1 Å². The molecule has 0 aliphatic carbocycles. The third kappa shape index (κ3) is 5.44. The quantitative estimate of drug-likeness (QED) is 0.426. The third-order valence-corrected chi connectivity index (χ3v) is 7.07. The third-order valence-electron chi connectivity index (χ3n) is 5.55. The van der Waals surface area contributed by atoms with Crippen LogP contribution in [-0.2, 0) is 14.8 Å². The molecule has 0 spiro atoms. The number of allylic oxidation sites excluding steroid dienone is 2. The normalized spacial score (nSPS) is 27.4. The lowest BCUT2D eigenvalue weighted by Crippen LogP contribution is -2.63. The Labute approximate surface area is 183 Å². The van der Waals surface area contributed by atoms with Crippen molar-refractivity contribution >= 4 is 21.3 Å².